The van der Waals surface area contributed by atoms with Gasteiger partial charge in [-0.25, -0.2) is 0 Å². The largest absolute Gasteiger partial charge is 0.373 e. The summed E-state index contributed by atoms with van der Waals surface area (Å²) in [6.07, 6.45) is 4.68. The first kappa shape index (κ1) is 21.0. The molecule has 0 spiro atoms. The zero-order valence-electron chi connectivity index (χ0n) is 18.9. The van der Waals surface area contributed by atoms with Crippen molar-refractivity contribution in [2.45, 2.75) is 25.2 Å². The number of ether oxygens (including phenoxy) is 1. The lowest BCUT2D eigenvalue weighted by Gasteiger charge is -2.36. The van der Waals surface area contributed by atoms with Gasteiger partial charge in [-0.3, -0.25) is 9.89 Å². The summed E-state index contributed by atoms with van der Waals surface area (Å²) in [5.74, 6) is 0.955. The van der Waals surface area contributed by atoms with E-state index >= 15 is 0 Å². The first-order valence-corrected chi connectivity index (χ1v) is 11.6. The molecule has 32 heavy (non-hydrogen) atoms. The van der Waals surface area contributed by atoms with E-state index in [1.54, 1.807) is 0 Å². The molecular weight excluding hydrogens is 398 g/mol. The molecule has 0 radical (unpaired) electrons. The fourth-order valence-electron chi connectivity index (χ4n) is 5.01. The van der Waals surface area contributed by atoms with E-state index in [0.29, 0.717) is 6.04 Å². The van der Waals surface area contributed by atoms with Crippen molar-refractivity contribution in [2.75, 3.05) is 51.3 Å². The van der Waals surface area contributed by atoms with Crippen LogP contribution in [0.1, 0.15) is 11.1 Å². The second-order valence-corrected chi connectivity index (χ2v) is 8.78. The number of benzene rings is 2. The third kappa shape index (κ3) is 4.66. The molecule has 6 heteroatoms. The molecule has 0 aromatic heterocycles. The van der Waals surface area contributed by atoms with Crippen molar-refractivity contribution in [3.63, 3.8) is 0 Å². The van der Waals surface area contributed by atoms with E-state index in [-0.39, 0.29) is 6.10 Å². The number of aliphatic imine (C=N–C) groups is 1. The Morgan fingerprint density at radius 1 is 1.03 bits per heavy atom. The van der Waals surface area contributed by atoms with Crippen LogP contribution >= 0.6 is 0 Å². The van der Waals surface area contributed by atoms with E-state index in [4.69, 9.17) is 4.74 Å². The minimum absolute atomic E-state index is 0.233. The fraction of sp³-hybridized carbons (Fsp3) is 0.423. The van der Waals surface area contributed by atoms with Crippen LogP contribution in [0.3, 0.4) is 0 Å². The molecule has 1 N–H and O–H groups in total. The highest BCUT2D eigenvalue weighted by atomic mass is 16.5. The third-order valence-electron chi connectivity index (χ3n) is 6.70. The molecule has 3 aliphatic heterocycles. The lowest BCUT2D eigenvalue weighted by atomic mass is 10.1. The van der Waals surface area contributed by atoms with Crippen LogP contribution < -0.4 is 10.2 Å². The minimum atomic E-state index is 0.233. The maximum atomic E-state index is 6.15. The number of fused-ring (bicyclic) bond motifs is 1. The van der Waals surface area contributed by atoms with Gasteiger partial charge in [-0.05, 0) is 23.3 Å². The highest BCUT2D eigenvalue weighted by molar-refractivity contribution is 5.80. The fourth-order valence-corrected chi connectivity index (χ4v) is 5.01. The minimum Gasteiger partial charge on any atom is -0.373 e. The van der Waals surface area contributed by atoms with Gasteiger partial charge in [0, 0.05) is 58.5 Å². The molecule has 2 aromatic rings. The number of nitrogens with zero attached hydrogens (tertiary/aromatic N) is 4. The Hall–Kier alpha value is -2.83. The molecule has 2 unspecified atom stereocenters. The average Bonchev–Trinajstić information content (AvgIpc) is 3.51. The van der Waals surface area contributed by atoms with Crippen molar-refractivity contribution in [2.24, 2.45) is 4.99 Å². The number of likely N-dealkylation sites (tertiary alicyclic amines) is 1. The maximum Gasteiger partial charge on any atom is 0.194 e. The summed E-state index contributed by atoms with van der Waals surface area (Å²) in [5.41, 5.74) is 3.91. The van der Waals surface area contributed by atoms with Crippen LogP contribution in [-0.4, -0.2) is 74.3 Å². The van der Waals surface area contributed by atoms with E-state index in [2.05, 4.69) is 91.8 Å². The number of nitrogens with one attached hydrogen (secondary N) is 1. The summed E-state index contributed by atoms with van der Waals surface area (Å²) in [4.78, 5) is 11.9. The summed E-state index contributed by atoms with van der Waals surface area (Å²) < 4.78 is 6.15. The second-order valence-electron chi connectivity index (χ2n) is 8.78. The summed E-state index contributed by atoms with van der Waals surface area (Å²) in [7, 11) is 1.87. The maximum absolute atomic E-state index is 6.15. The first-order chi connectivity index (χ1) is 15.8. The molecular formula is C26H33N5O. The van der Waals surface area contributed by atoms with E-state index in [1.807, 2.05) is 7.05 Å². The zero-order valence-corrected chi connectivity index (χ0v) is 18.9. The number of hydrogen-bond acceptors (Lipinski definition) is 4. The molecule has 2 atom stereocenters. The van der Waals surface area contributed by atoms with Gasteiger partial charge in [-0.1, -0.05) is 54.6 Å². The van der Waals surface area contributed by atoms with Crippen LogP contribution in [0.25, 0.3) is 0 Å². The second kappa shape index (κ2) is 9.76. The number of rotatable bonds is 5. The quantitative estimate of drug-likeness (QED) is 0.448. The van der Waals surface area contributed by atoms with Crippen LogP contribution in [-0.2, 0) is 17.8 Å². The number of anilines is 1. The van der Waals surface area contributed by atoms with Gasteiger partial charge >= 0.3 is 0 Å². The molecule has 6 nitrogen and oxygen atoms in total. The molecule has 168 valence electrons. The van der Waals surface area contributed by atoms with Crippen LogP contribution in [0.2, 0.25) is 0 Å². The van der Waals surface area contributed by atoms with Crippen LogP contribution in [0.4, 0.5) is 5.69 Å². The number of guanidine groups is 1. The topological polar surface area (TPSA) is 43.3 Å². The summed E-state index contributed by atoms with van der Waals surface area (Å²) in [6, 6.07) is 19.9. The van der Waals surface area contributed by atoms with Gasteiger partial charge in [-0.2, -0.15) is 0 Å². The molecule has 2 aromatic carbocycles. The zero-order chi connectivity index (χ0) is 21.8. The Bertz CT molecular complexity index is 952. The van der Waals surface area contributed by atoms with Gasteiger partial charge in [0.2, 0.25) is 0 Å². The summed E-state index contributed by atoms with van der Waals surface area (Å²) in [6.45, 7) is 7.33. The summed E-state index contributed by atoms with van der Waals surface area (Å²) in [5, 5.41) is 3.59. The molecule has 2 saturated heterocycles. The van der Waals surface area contributed by atoms with Gasteiger partial charge in [0.25, 0.3) is 0 Å². The molecule has 3 heterocycles. The first-order valence-electron chi connectivity index (χ1n) is 11.6. The van der Waals surface area contributed by atoms with Crippen LogP contribution in [0, 0.1) is 0 Å². The molecule has 0 amide bonds. The smallest absolute Gasteiger partial charge is 0.194 e. The predicted octanol–water partition coefficient (Wildman–Crippen LogP) is 2.72. The van der Waals surface area contributed by atoms with Crippen molar-refractivity contribution in [1.29, 1.82) is 0 Å². The van der Waals surface area contributed by atoms with E-state index < -0.39 is 0 Å². The van der Waals surface area contributed by atoms with Gasteiger partial charge in [0.15, 0.2) is 5.96 Å². The van der Waals surface area contributed by atoms with Gasteiger partial charge in [0.05, 0.1) is 18.8 Å². The predicted molar refractivity (Wildman–Crippen MR) is 130 cm³/mol. The van der Waals surface area contributed by atoms with Crippen molar-refractivity contribution in [3.8, 4) is 0 Å². The summed E-state index contributed by atoms with van der Waals surface area (Å²) >= 11 is 0. The number of morpholine rings is 1. The van der Waals surface area contributed by atoms with Crippen LogP contribution in [0.5, 0.6) is 0 Å². The van der Waals surface area contributed by atoms with Gasteiger partial charge in [0.1, 0.15) is 0 Å². The third-order valence-corrected chi connectivity index (χ3v) is 6.70. The van der Waals surface area contributed by atoms with Gasteiger partial charge in [-0.15, -0.1) is 0 Å². The highest BCUT2D eigenvalue weighted by Crippen LogP contribution is 2.25. The molecule has 5 rings (SSSR count). The Morgan fingerprint density at radius 3 is 2.66 bits per heavy atom. The monoisotopic (exact) mass is 431 g/mol. The highest BCUT2D eigenvalue weighted by Gasteiger charge is 2.41. The average molecular weight is 432 g/mol. The molecule has 0 saturated carbocycles. The molecule has 0 aliphatic carbocycles. The van der Waals surface area contributed by atoms with Crippen molar-refractivity contribution < 1.29 is 4.74 Å². The van der Waals surface area contributed by atoms with Crippen molar-refractivity contribution in [1.82, 2.24) is 15.1 Å². The SMILES string of the molecule is CN=C(NCc1cccc(N2CC=CC2)c1)N1CC2OCCN(Cc3ccccc3)C2C1. The normalized spacial score (nSPS) is 23.6. The Balaban J connectivity index is 1.20. The Labute approximate surface area is 191 Å². The lowest BCUT2D eigenvalue weighted by molar-refractivity contribution is -0.0502. The van der Waals surface area contributed by atoms with Gasteiger partial charge < -0.3 is 19.9 Å². The van der Waals surface area contributed by atoms with E-state index in [0.717, 1.165) is 58.4 Å². The van der Waals surface area contributed by atoms with Crippen molar-refractivity contribution >= 4 is 11.6 Å². The Kier molecular flexibility index (Phi) is 6.41. The molecule has 0 bridgehead atoms. The lowest BCUT2D eigenvalue weighted by Crippen LogP contribution is -2.50. The standard InChI is InChI=1S/C26H33N5O/c1-27-26(28-17-22-10-7-11-23(16-22)29-12-5-6-13-29)31-19-24-25(20-31)32-15-14-30(24)18-21-8-3-2-4-9-21/h2-11,16,24-25H,12-15,17-20H2,1H3,(H,27,28). The van der Waals surface area contributed by atoms with Crippen molar-refractivity contribution in [3.05, 3.63) is 77.9 Å². The van der Waals surface area contributed by atoms with E-state index in [9.17, 15) is 0 Å². The van der Waals surface area contributed by atoms with E-state index in [1.165, 1.54) is 16.8 Å². The molecule has 3 aliphatic rings. The van der Waals surface area contributed by atoms with Crippen LogP contribution in [0.15, 0.2) is 71.7 Å². The Morgan fingerprint density at radius 2 is 1.84 bits per heavy atom. The molecule has 2 fully saturated rings. The number of hydrogen-bond donors (Lipinski definition) is 1.